The Morgan fingerprint density at radius 2 is 2.12 bits per heavy atom. The van der Waals surface area contributed by atoms with Crippen molar-refractivity contribution in [2.45, 2.75) is 25.9 Å². The number of hydrogen-bond acceptors (Lipinski definition) is 4. The number of pyridine rings is 1. The Balaban J connectivity index is 2.15. The van der Waals surface area contributed by atoms with Gasteiger partial charge in [-0.15, -0.1) is 0 Å². The zero-order valence-electron chi connectivity index (χ0n) is 13.5. The molecule has 0 bridgehead atoms. The first kappa shape index (κ1) is 17.3. The Kier molecular flexibility index (Phi) is 4.92. The third kappa shape index (κ3) is 3.45. The lowest BCUT2D eigenvalue weighted by atomic mass is 9.94. The highest BCUT2D eigenvalue weighted by atomic mass is 19.1. The van der Waals surface area contributed by atoms with E-state index >= 15 is 0 Å². The SMILES string of the molecule is CCOC(=O)c1cc(-c2ccc(F)cc2F)c2c(n1)O[C@@H](CF)CC2. The largest absolute Gasteiger partial charge is 0.471 e. The van der Waals surface area contributed by atoms with Crippen LogP contribution in [0.15, 0.2) is 24.3 Å². The summed E-state index contributed by atoms with van der Waals surface area (Å²) in [5.74, 6) is -2.09. The van der Waals surface area contributed by atoms with E-state index in [0.29, 0.717) is 24.0 Å². The summed E-state index contributed by atoms with van der Waals surface area (Å²) >= 11 is 0. The van der Waals surface area contributed by atoms with Gasteiger partial charge in [-0.3, -0.25) is 0 Å². The highest BCUT2D eigenvalue weighted by molar-refractivity contribution is 5.90. The fourth-order valence-electron chi connectivity index (χ4n) is 2.78. The molecule has 1 atom stereocenters. The summed E-state index contributed by atoms with van der Waals surface area (Å²) < 4.78 is 50.8. The van der Waals surface area contributed by atoms with Crippen LogP contribution < -0.4 is 4.74 Å². The number of carbonyl (C=O) groups is 1. The van der Waals surface area contributed by atoms with Crippen molar-refractivity contribution < 1.29 is 27.4 Å². The van der Waals surface area contributed by atoms with E-state index in [-0.39, 0.29) is 23.7 Å². The van der Waals surface area contributed by atoms with Gasteiger partial charge in [-0.2, -0.15) is 0 Å². The van der Waals surface area contributed by atoms with Crippen molar-refractivity contribution in [3.05, 3.63) is 47.2 Å². The second-order valence-corrected chi connectivity index (χ2v) is 5.62. The van der Waals surface area contributed by atoms with Gasteiger partial charge in [0.05, 0.1) is 6.61 Å². The van der Waals surface area contributed by atoms with Gasteiger partial charge in [0.25, 0.3) is 0 Å². The molecule has 1 aromatic heterocycles. The number of fused-ring (bicyclic) bond motifs is 1. The molecule has 7 heteroatoms. The van der Waals surface area contributed by atoms with E-state index in [1.165, 1.54) is 12.1 Å². The fraction of sp³-hybridized carbons (Fsp3) is 0.333. The number of hydrogen-bond donors (Lipinski definition) is 0. The minimum absolute atomic E-state index is 0.0705. The van der Waals surface area contributed by atoms with Gasteiger partial charge in [0.2, 0.25) is 5.88 Å². The van der Waals surface area contributed by atoms with Crippen molar-refractivity contribution >= 4 is 5.97 Å². The highest BCUT2D eigenvalue weighted by Gasteiger charge is 2.27. The molecular formula is C18H16F3NO3. The zero-order chi connectivity index (χ0) is 18.0. The van der Waals surface area contributed by atoms with E-state index in [1.54, 1.807) is 6.92 Å². The molecule has 2 heterocycles. The number of carbonyl (C=O) groups excluding carboxylic acids is 1. The Morgan fingerprint density at radius 3 is 2.80 bits per heavy atom. The van der Waals surface area contributed by atoms with E-state index in [0.717, 1.165) is 12.1 Å². The molecule has 0 unspecified atom stereocenters. The molecule has 0 aliphatic carbocycles. The highest BCUT2D eigenvalue weighted by Crippen LogP contribution is 2.36. The van der Waals surface area contributed by atoms with Gasteiger partial charge < -0.3 is 9.47 Å². The number of ether oxygens (including phenoxy) is 2. The average Bonchev–Trinajstić information content (AvgIpc) is 2.60. The smallest absolute Gasteiger partial charge is 0.357 e. The van der Waals surface area contributed by atoms with Crippen molar-refractivity contribution in [3.8, 4) is 17.0 Å². The molecule has 2 aromatic rings. The van der Waals surface area contributed by atoms with Crippen LogP contribution in [0.5, 0.6) is 5.88 Å². The fourth-order valence-corrected chi connectivity index (χ4v) is 2.78. The Labute approximate surface area is 142 Å². The van der Waals surface area contributed by atoms with E-state index in [9.17, 15) is 18.0 Å². The third-order valence-corrected chi connectivity index (χ3v) is 3.96. The number of rotatable bonds is 4. The minimum Gasteiger partial charge on any atom is -0.471 e. The first-order valence-corrected chi connectivity index (χ1v) is 7.92. The number of benzene rings is 1. The molecular weight excluding hydrogens is 335 g/mol. The molecule has 1 aromatic carbocycles. The van der Waals surface area contributed by atoms with Gasteiger partial charge in [-0.25, -0.2) is 22.9 Å². The first-order valence-electron chi connectivity index (χ1n) is 7.92. The van der Waals surface area contributed by atoms with Gasteiger partial charge in [-0.1, -0.05) is 0 Å². The summed E-state index contributed by atoms with van der Waals surface area (Å²) in [6.45, 7) is 1.10. The molecule has 0 radical (unpaired) electrons. The lowest BCUT2D eigenvalue weighted by Crippen LogP contribution is -2.26. The molecule has 1 aliphatic heterocycles. The second kappa shape index (κ2) is 7.13. The van der Waals surface area contributed by atoms with Crippen LogP contribution in [-0.4, -0.2) is 30.3 Å². The lowest BCUT2D eigenvalue weighted by Gasteiger charge is -2.25. The summed E-state index contributed by atoms with van der Waals surface area (Å²) in [4.78, 5) is 16.1. The van der Waals surface area contributed by atoms with E-state index in [2.05, 4.69) is 4.98 Å². The van der Waals surface area contributed by atoms with Crippen LogP contribution in [-0.2, 0) is 11.2 Å². The summed E-state index contributed by atoms with van der Waals surface area (Å²) in [6.07, 6.45) is 0.148. The molecule has 0 N–H and O–H groups in total. The van der Waals surface area contributed by atoms with Crippen molar-refractivity contribution in [2.75, 3.05) is 13.3 Å². The van der Waals surface area contributed by atoms with Crippen LogP contribution in [0.4, 0.5) is 13.2 Å². The van der Waals surface area contributed by atoms with E-state index < -0.39 is 30.4 Å². The molecule has 0 fully saturated rings. The topological polar surface area (TPSA) is 48.4 Å². The van der Waals surface area contributed by atoms with Crippen molar-refractivity contribution in [1.29, 1.82) is 0 Å². The number of alkyl halides is 1. The molecule has 0 saturated heterocycles. The maximum atomic E-state index is 14.3. The molecule has 4 nitrogen and oxygen atoms in total. The van der Waals surface area contributed by atoms with Gasteiger partial charge in [-0.05, 0) is 43.5 Å². The average molecular weight is 351 g/mol. The van der Waals surface area contributed by atoms with Crippen molar-refractivity contribution in [3.63, 3.8) is 0 Å². The molecule has 0 saturated carbocycles. The molecule has 25 heavy (non-hydrogen) atoms. The Hall–Kier alpha value is -2.57. The monoisotopic (exact) mass is 351 g/mol. The predicted octanol–water partition coefficient (Wildman–Crippen LogP) is 3.87. The van der Waals surface area contributed by atoms with Crippen molar-refractivity contribution in [2.24, 2.45) is 0 Å². The lowest BCUT2D eigenvalue weighted by molar-refractivity contribution is 0.0516. The van der Waals surface area contributed by atoms with Crippen LogP contribution in [0.25, 0.3) is 11.1 Å². The van der Waals surface area contributed by atoms with Crippen LogP contribution in [0, 0.1) is 11.6 Å². The van der Waals surface area contributed by atoms with Crippen LogP contribution in [0.1, 0.15) is 29.4 Å². The molecule has 0 amide bonds. The normalized spacial score (nSPS) is 16.1. The molecule has 1 aliphatic rings. The molecule has 132 valence electrons. The third-order valence-electron chi connectivity index (χ3n) is 3.96. The van der Waals surface area contributed by atoms with E-state index in [1.807, 2.05) is 0 Å². The minimum atomic E-state index is -0.768. The van der Waals surface area contributed by atoms with Crippen LogP contribution in [0.2, 0.25) is 0 Å². The molecule has 0 spiro atoms. The number of nitrogens with zero attached hydrogens (tertiary/aromatic N) is 1. The number of aromatic nitrogens is 1. The maximum Gasteiger partial charge on any atom is 0.357 e. The van der Waals surface area contributed by atoms with Crippen LogP contribution >= 0.6 is 0 Å². The maximum absolute atomic E-state index is 14.3. The van der Waals surface area contributed by atoms with Gasteiger partial charge in [0.1, 0.15) is 24.4 Å². The quantitative estimate of drug-likeness (QED) is 0.785. The Morgan fingerprint density at radius 1 is 1.32 bits per heavy atom. The van der Waals surface area contributed by atoms with E-state index in [4.69, 9.17) is 9.47 Å². The van der Waals surface area contributed by atoms with Crippen LogP contribution in [0.3, 0.4) is 0 Å². The summed E-state index contributed by atoms with van der Waals surface area (Å²) in [7, 11) is 0. The summed E-state index contributed by atoms with van der Waals surface area (Å²) in [6, 6.07) is 4.58. The standard InChI is InChI=1S/C18H16F3NO3/c1-2-24-18(23)16-8-14(12-5-3-10(20)7-15(12)21)13-6-4-11(9-19)25-17(13)22-16/h3,5,7-8,11H,2,4,6,9H2,1H3/t11-/m1/s1. The predicted molar refractivity (Wildman–Crippen MR) is 84.3 cm³/mol. The zero-order valence-corrected chi connectivity index (χ0v) is 13.5. The van der Waals surface area contributed by atoms with Gasteiger partial charge in [0, 0.05) is 17.2 Å². The van der Waals surface area contributed by atoms with Gasteiger partial charge in [0.15, 0.2) is 5.69 Å². The summed E-state index contributed by atoms with van der Waals surface area (Å²) in [5.41, 5.74) is 0.970. The number of esters is 1. The second-order valence-electron chi connectivity index (χ2n) is 5.62. The van der Waals surface area contributed by atoms with Crippen molar-refractivity contribution in [1.82, 2.24) is 4.98 Å². The summed E-state index contributed by atoms with van der Waals surface area (Å²) in [5, 5.41) is 0. The Bertz CT molecular complexity index is 810. The number of halogens is 3. The van der Waals surface area contributed by atoms with Gasteiger partial charge >= 0.3 is 5.97 Å². The molecule has 3 rings (SSSR count). The first-order chi connectivity index (χ1) is 12.0.